The number of nitrogens with one attached hydrogen (secondary N) is 2. The number of benzene rings is 1. The van der Waals surface area contributed by atoms with Gasteiger partial charge in [-0.25, -0.2) is 0 Å². The molecule has 2 aromatic rings. The lowest BCUT2D eigenvalue weighted by molar-refractivity contribution is -0.126. The molecule has 0 aliphatic heterocycles. The van der Waals surface area contributed by atoms with Gasteiger partial charge in [0.15, 0.2) is 0 Å². The summed E-state index contributed by atoms with van der Waals surface area (Å²) in [4.78, 5) is 23.3. The van der Waals surface area contributed by atoms with E-state index in [0.717, 1.165) is 11.1 Å². The van der Waals surface area contributed by atoms with Crippen LogP contribution in [0.25, 0.3) is 0 Å². The number of hydrogen-bond donors (Lipinski definition) is 3. The molecule has 0 spiro atoms. The van der Waals surface area contributed by atoms with Gasteiger partial charge in [0.1, 0.15) is 0 Å². The van der Waals surface area contributed by atoms with Crippen LogP contribution in [0.4, 0.5) is 0 Å². The number of hydrogen-bond acceptors (Lipinski definition) is 4. The quantitative estimate of drug-likeness (QED) is 0.719. The van der Waals surface area contributed by atoms with E-state index in [0.29, 0.717) is 0 Å². The predicted molar refractivity (Wildman–Crippen MR) is 85.4 cm³/mol. The van der Waals surface area contributed by atoms with Crippen LogP contribution in [-0.4, -0.2) is 30.0 Å². The summed E-state index contributed by atoms with van der Waals surface area (Å²) >= 11 is 1.49. The summed E-state index contributed by atoms with van der Waals surface area (Å²) in [6.07, 6.45) is -0.485. The van der Waals surface area contributed by atoms with Crippen LogP contribution in [0.3, 0.4) is 0 Å². The van der Waals surface area contributed by atoms with Crippen molar-refractivity contribution in [1.82, 2.24) is 10.6 Å². The van der Waals surface area contributed by atoms with Crippen LogP contribution in [0.2, 0.25) is 0 Å². The average Bonchev–Trinajstić information content (AvgIpc) is 3.06. The van der Waals surface area contributed by atoms with Gasteiger partial charge in [0.25, 0.3) is 0 Å². The molecule has 22 heavy (non-hydrogen) atoms. The van der Waals surface area contributed by atoms with Crippen LogP contribution in [0, 0.1) is 0 Å². The summed E-state index contributed by atoms with van der Waals surface area (Å²) in [5.41, 5.74) is 1.67. The molecule has 0 saturated carbocycles. The van der Waals surface area contributed by atoms with Gasteiger partial charge in [-0.3, -0.25) is 9.59 Å². The summed E-state index contributed by atoms with van der Waals surface area (Å²) < 4.78 is 0. The van der Waals surface area contributed by atoms with Crippen molar-refractivity contribution in [1.29, 1.82) is 0 Å². The van der Waals surface area contributed by atoms with E-state index in [1.807, 2.05) is 47.2 Å². The Balaban J connectivity index is 1.66. The van der Waals surface area contributed by atoms with Crippen LogP contribution < -0.4 is 10.6 Å². The number of aliphatic hydroxyl groups is 1. The van der Waals surface area contributed by atoms with E-state index in [9.17, 15) is 14.7 Å². The van der Waals surface area contributed by atoms with E-state index in [1.54, 1.807) is 0 Å². The standard InChI is InChI=1S/C16H18N2O3S/c19-14(13-6-7-22-11-13)9-17-16(21)10-18-15(20)8-12-4-2-1-3-5-12/h1-7,11,14,19H,8-10H2,(H,17,21)(H,18,20). The zero-order chi connectivity index (χ0) is 15.8. The van der Waals surface area contributed by atoms with Crippen molar-refractivity contribution in [3.8, 4) is 0 Å². The second-order valence-electron chi connectivity index (χ2n) is 4.82. The normalized spacial score (nSPS) is 11.7. The first-order valence-electron chi connectivity index (χ1n) is 6.92. The molecule has 2 rings (SSSR count). The summed E-state index contributed by atoms with van der Waals surface area (Å²) in [7, 11) is 0. The van der Waals surface area contributed by atoms with Crippen LogP contribution in [-0.2, 0) is 16.0 Å². The number of amides is 2. The number of aliphatic hydroxyl groups excluding tert-OH is 1. The van der Waals surface area contributed by atoms with Crippen molar-refractivity contribution < 1.29 is 14.7 Å². The minimum Gasteiger partial charge on any atom is -0.387 e. The minimum atomic E-state index is -0.727. The molecule has 0 saturated heterocycles. The van der Waals surface area contributed by atoms with Crippen LogP contribution in [0.1, 0.15) is 17.2 Å². The number of carbonyl (C=O) groups is 2. The second-order valence-corrected chi connectivity index (χ2v) is 5.60. The molecule has 1 heterocycles. The van der Waals surface area contributed by atoms with Crippen molar-refractivity contribution in [3.63, 3.8) is 0 Å². The Hall–Kier alpha value is -2.18. The smallest absolute Gasteiger partial charge is 0.239 e. The molecule has 3 N–H and O–H groups in total. The third-order valence-electron chi connectivity index (χ3n) is 3.07. The molecule has 5 nitrogen and oxygen atoms in total. The topological polar surface area (TPSA) is 78.4 Å². The van der Waals surface area contributed by atoms with Gasteiger partial charge in [0.2, 0.25) is 11.8 Å². The van der Waals surface area contributed by atoms with Gasteiger partial charge >= 0.3 is 0 Å². The van der Waals surface area contributed by atoms with E-state index in [4.69, 9.17) is 0 Å². The molecule has 116 valence electrons. The lowest BCUT2D eigenvalue weighted by atomic mass is 10.1. The molecular weight excluding hydrogens is 300 g/mol. The van der Waals surface area contributed by atoms with Crippen LogP contribution in [0.5, 0.6) is 0 Å². The molecule has 0 aliphatic carbocycles. The molecule has 6 heteroatoms. The summed E-state index contributed by atoms with van der Waals surface area (Å²) in [6, 6.07) is 11.1. The SMILES string of the molecule is O=C(CNC(=O)Cc1ccccc1)NCC(O)c1ccsc1. The van der Waals surface area contributed by atoms with E-state index >= 15 is 0 Å². The van der Waals surface area contributed by atoms with E-state index in [2.05, 4.69) is 10.6 Å². The van der Waals surface area contributed by atoms with Gasteiger partial charge in [-0.1, -0.05) is 30.3 Å². The summed E-state index contributed by atoms with van der Waals surface area (Å²) in [6.45, 7) is 0.0339. The molecule has 0 radical (unpaired) electrons. The Morgan fingerprint density at radius 1 is 1.09 bits per heavy atom. The average molecular weight is 318 g/mol. The molecular formula is C16H18N2O3S. The Labute approximate surface area is 133 Å². The molecule has 1 atom stereocenters. The van der Waals surface area contributed by atoms with Crippen molar-refractivity contribution in [2.45, 2.75) is 12.5 Å². The summed E-state index contributed by atoms with van der Waals surface area (Å²) in [5, 5.41) is 18.7. The van der Waals surface area contributed by atoms with Gasteiger partial charge in [0.05, 0.1) is 19.1 Å². The molecule has 1 aromatic carbocycles. The zero-order valence-corrected chi connectivity index (χ0v) is 12.8. The van der Waals surface area contributed by atoms with Crippen LogP contribution >= 0.6 is 11.3 Å². The molecule has 0 aliphatic rings. The summed E-state index contributed by atoms with van der Waals surface area (Å²) in [5.74, 6) is -0.532. The fourth-order valence-electron chi connectivity index (χ4n) is 1.88. The van der Waals surface area contributed by atoms with E-state index in [-0.39, 0.29) is 31.3 Å². The zero-order valence-electron chi connectivity index (χ0n) is 12.0. The fourth-order valence-corrected chi connectivity index (χ4v) is 2.59. The maximum Gasteiger partial charge on any atom is 0.239 e. The maximum absolute atomic E-state index is 11.7. The Bertz CT molecular complexity index is 599. The van der Waals surface area contributed by atoms with Crippen LogP contribution in [0.15, 0.2) is 47.2 Å². The lowest BCUT2D eigenvalue weighted by Crippen LogP contribution is -2.39. The highest BCUT2D eigenvalue weighted by molar-refractivity contribution is 7.07. The minimum absolute atomic E-state index is 0.0952. The van der Waals surface area contributed by atoms with Crippen molar-refractivity contribution in [2.24, 2.45) is 0 Å². The third-order valence-corrected chi connectivity index (χ3v) is 3.78. The third kappa shape index (κ3) is 5.31. The highest BCUT2D eigenvalue weighted by Gasteiger charge is 2.10. The fraction of sp³-hybridized carbons (Fsp3) is 0.250. The van der Waals surface area contributed by atoms with E-state index in [1.165, 1.54) is 11.3 Å². The molecule has 1 unspecified atom stereocenters. The molecule has 0 fully saturated rings. The first kappa shape index (κ1) is 16.2. The largest absolute Gasteiger partial charge is 0.387 e. The first-order chi connectivity index (χ1) is 10.6. The Morgan fingerprint density at radius 3 is 2.55 bits per heavy atom. The van der Waals surface area contributed by atoms with Gasteiger partial charge in [0, 0.05) is 6.54 Å². The Kier molecular flexibility index (Phi) is 6.12. The van der Waals surface area contributed by atoms with Gasteiger partial charge in [-0.15, -0.1) is 0 Å². The highest BCUT2D eigenvalue weighted by atomic mass is 32.1. The van der Waals surface area contributed by atoms with Crippen molar-refractivity contribution >= 4 is 23.2 Å². The number of rotatable bonds is 7. The second kappa shape index (κ2) is 8.31. The maximum atomic E-state index is 11.7. The predicted octanol–water partition coefficient (Wildman–Crippen LogP) is 1.26. The lowest BCUT2D eigenvalue weighted by Gasteiger charge is -2.11. The van der Waals surface area contributed by atoms with Crippen molar-refractivity contribution in [3.05, 3.63) is 58.3 Å². The van der Waals surface area contributed by atoms with E-state index < -0.39 is 6.10 Å². The van der Waals surface area contributed by atoms with Gasteiger partial charge in [-0.2, -0.15) is 11.3 Å². The Morgan fingerprint density at radius 2 is 1.86 bits per heavy atom. The highest BCUT2D eigenvalue weighted by Crippen LogP contribution is 2.14. The number of thiophene rings is 1. The monoisotopic (exact) mass is 318 g/mol. The molecule has 1 aromatic heterocycles. The molecule has 2 amide bonds. The number of carbonyl (C=O) groups excluding carboxylic acids is 2. The van der Waals surface area contributed by atoms with Gasteiger partial charge in [-0.05, 0) is 28.0 Å². The van der Waals surface area contributed by atoms with Gasteiger partial charge < -0.3 is 15.7 Å². The van der Waals surface area contributed by atoms with Crippen molar-refractivity contribution in [2.75, 3.05) is 13.1 Å². The first-order valence-corrected chi connectivity index (χ1v) is 7.87. The molecule has 0 bridgehead atoms.